The van der Waals surface area contributed by atoms with E-state index in [2.05, 4.69) is 4.99 Å². The molecule has 1 heterocycles. The van der Waals surface area contributed by atoms with Crippen LogP contribution in [0, 0.1) is 6.92 Å². The average molecular weight is 404 g/mol. The summed E-state index contributed by atoms with van der Waals surface area (Å²) in [6.07, 6.45) is -10.1. The van der Waals surface area contributed by atoms with Crippen molar-refractivity contribution in [1.29, 1.82) is 0 Å². The van der Waals surface area contributed by atoms with Crippen molar-refractivity contribution in [3.63, 3.8) is 0 Å². The second-order valence-electron chi connectivity index (χ2n) is 5.28. The van der Waals surface area contributed by atoms with Gasteiger partial charge in [-0.05, 0) is 24.6 Å². The molecule has 1 aliphatic rings. The predicted molar refractivity (Wildman–Crippen MR) is 86.3 cm³/mol. The van der Waals surface area contributed by atoms with Crippen LogP contribution in [0.5, 0.6) is 0 Å². The molecule has 0 aliphatic carbocycles. The largest absolute Gasteiger partial charge is 0.406 e. The first-order chi connectivity index (χ1) is 11.4. The number of amidine groups is 1. The highest BCUT2D eigenvalue weighted by Crippen LogP contribution is 2.34. The van der Waals surface area contributed by atoms with Gasteiger partial charge in [0.05, 0.1) is 11.4 Å². The number of rotatable bonds is 4. The molecule has 1 fully saturated rings. The molecule has 25 heavy (non-hydrogen) atoms. The zero-order chi connectivity index (χ0) is 18.8. The molecule has 0 saturated carbocycles. The summed E-state index contributed by atoms with van der Waals surface area (Å²) in [7, 11) is 0. The van der Waals surface area contributed by atoms with Gasteiger partial charge < -0.3 is 10.0 Å². The SMILES string of the molecule is Cc1ccc(N=C2SCC(O)N2CC(F)(F)F)cc1SCC(F)(F)F. The van der Waals surface area contributed by atoms with Crippen LogP contribution in [-0.2, 0) is 0 Å². The highest BCUT2D eigenvalue weighted by atomic mass is 32.2. The summed E-state index contributed by atoms with van der Waals surface area (Å²) in [5, 5.41) is 9.65. The first-order valence-corrected chi connectivity index (χ1v) is 8.95. The van der Waals surface area contributed by atoms with Gasteiger partial charge >= 0.3 is 12.4 Å². The molecule has 0 bridgehead atoms. The average Bonchev–Trinajstić information content (AvgIpc) is 2.78. The first kappa shape index (κ1) is 20.2. The van der Waals surface area contributed by atoms with E-state index in [0.29, 0.717) is 22.2 Å². The number of nitrogens with zero attached hydrogens (tertiary/aromatic N) is 2. The maximum Gasteiger partial charge on any atom is 0.406 e. The summed E-state index contributed by atoms with van der Waals surface area (Å²) < 4.78 is 74.9. The molecule has 1 unspecified atom stereocenters. The molecule has 0 amide bonds. The Morgan fingerprint density at radius 1 is 1.24 bits per heavy atom. The summed E-state index contributed by atoms with van der Waals surface area (Å²) in [5.74, 6) is -1.03. The van der Waals surface area contributed by atoms with E-state index < -0.39 is 30.9 Å². The van der Waals surface area contributed by atoms with Crippen molar-refractivity contribution in [2.45, 2.75) is 30.4 Å². The second kappa shape index (κ2) is 7.67. The first-order valence-electron chi connectivity index (χ1n) is 6.98. The zero-order valence-electron chi connectivity index (χ0n) is 12.9. The molecule has 1 aromatic carbocycles. The molecule has 2 rings (SSSR count). The molecule has 1 N–H and O–H groups in total. The van der Waals surface area contributed by atoms with E-state index >= 15 is 0 Å². The number of aliphatic hydroxyl groups excluding tert-OH is 1. The summed E-state index contributed by atoms with van der Waals surface area (Å²) in [5.41, 5.74) is 0.850. The van der Waals surface area contributed by atoms with Crippen molar-refractivity contribution in [3.8, 4) is 0 Å². The maximum atomic E-state index is 12.6. The van der Waals surface area contributed by atoms with Gasteiger partial charge in [-0.1, -0.05) is 17.8 Å². The fraction of sp³-hybridized carbons (Fsp3) is 0.500. The topological polar surface area (TPSA) is 35.8 Å². The van der Waals surface area contributed by atoms with Gasteiger partial charge in [0.15, 0.2) is 5.17 Å². The molecule has 0 aromatic heterocycles. The van der Waals surface area contributed by atoms with E-state index in [1.807, 2.05) is 0 Å². The molecule has 1 saturated heterocycles. The van der Waals surface area contributed by atoms with Crippen LogP contribution < -0.4 is 0 Å². The van der Waals surface area contributed by atoms with Crippen molar-refractivity contribution in [2.24, 2.45) is 4.99 Å². The van der Waals surface area contributed by atoms with Crippen LogP contribution in [0.3, 0.4) is 0 Å². The van der Waals surface area contributed by atoms with Crippen molar-refractivity contribution in [3.05, 3.63) is 23.8 Å². The summed E-state index contributed by atoms with van der Waals surface area (Å²) in [4.78, 5) is 5.15. The van der Waals surface area contributed by atoms with Gasteiger partial charge in [-0.3, -0.25) is 0 Å². The third-order valence-corrected chi connectivity index (χ3v) is 5.38. The highest BCUT2D eigenvalue weighted by Gasteiger charge is 2.38. The van der Waals surface area contributed by atoms with Crippen LogP contribution in [0.2, 0.25) is 0 Å². The van der Waals surface area contributed by atoms with Gasteiger partial charge in [0.2, 0.25) is 0 Å². The van der Waals surface area contributed by atoms with Gasteiger partial charge in [0, 0.05) is 10.6 Å². The Labute approximate surface area is 148 Å². The number of halogens is 6. The minimum atomic E-state index is -4.51. The number of thioether (sulfide) groups is 2. The van der Waals surface area contributed by atoms with E-state index in [9.17, 15) is 31.4 Å². The van der Waals surface area contributed by atoms with Crippen LogP contribution in [0.15, 0.2) is 28.1 Å². The Morgan fingerprint density at radius 3 is 2.52 bits per heavy atom. The number of benzene rings is 1. The van der Waals surface area contributed by atoms with Crippen LogP contribution in [0.25, 0.3) is 0 Å². The van der Waals surface area contributed by atoms with Gasteiger partial charge in [0.25, 0.3) is 0 Å². The number of hydrogen-bond donors (Lipinski definition) is 1. The van der Waals surface area contributed by atoms with E-state index in [0.717, 1.165) is 16.7 Å². The number of aliphatic hydroxyl groups is 1. The molecular weight excluding hydrogens is 390 g/mol. The quantitative estimate of drug-likeness (QED) is 0.589. The van der Waals surface area contributed by atoms with Crippen LogP contribution >= 0.6 is 23.5 Å². The molecule has 1 aromatic rings. The lowest BCUT2D eigenvalue weighted by Gasteiger charge is -2.23. The Bertz CT molecular complexity index is 647. The fourth-order valence-corrected chi connectivity index (χ4v) is 3.81. The molecule has 11 heteroatoms. The molecule has 0 spiro atoms. The molecule has 1 atom stereocenters. The smallest absolute Gasteiger partial charge is 0.373 e. The molecule has 140 valence electrons. The Hall–Kier alpha value is -1.07. The van der Waals surface area contributed by atoms with Crippen LogP contribution in [0.1, 0.15) is 5.56 Å². The van der Waals surface area contributed by atoms with Crippen molar-refractivity contribution < 1.29 is 31.4 Å². The van der Waals surface area contributed by atoms with E-state index in [1.165, 1.54) is 12.1 Å². The fourth-order valence-electron chi connectivity index (χ4n) is 2.00. The summed E-state index contributed by atoms with van der Waals surface area (Å²) in [6, 6.07) is 4.47. The second-order valence-corrected chi connectivity index (χ2v) is 7.29. The molecule has 0 radical (unpaired) electrons. The minimum Gasteiger partial charge on any atom is -0.373 e. The Morgan fingerprint density at radius 2 is 1.92 bits per heavy atom. The van der Waals surface area contributed by atoms with Crippen molar-refractivity contribution >= 4 is 34.4 Å². The van der Waals surface area contributed by atoms with Crippen molar-refractivity contribution in [2.75, 3.05) is 18.1 Å². The standard InChI is InChI=1S/C14H14F6N2OS2/c1-8-2-3-9(4-10(8)25-7-14(18,19)20)21-12-22(6-13(15,16)17)11(23)5-24-12/h2-4,11,23H,5-7H2,1H3. The van der Waals surface area contributed by atoms with E-state index in [-0.39, 0.29) is 16.6 Å². The van der Waals surface area contributed by atoms with E-state index in [4.69, 9.17) is 0 Å². The summed E-state index contributed by atoms with van der Waals surface area (Å²) in [6.45, 7) is 0.293. The number of alkyl halides is 6. The van der Waals surface area contributed by atoms with Gasteiger partial charge in [-0.15, -0.1) is 11.8 Å². The van der Waals surface area contributed by atoms with Crippen LogP contribution in [0.4, 0.5) is 32.0 Å². The number of hydrogen-bond acceptors (Lipinski definition) is 4. The van der Waals surface area contributed by atoms with Gasteiger partial charge in [-0.2, -0.15) is 26.3 Å². The third kappa shape index (κ3) is 6.30. The highest BCUT2D eigenvalue weighted by molar-refractivity contribution is 8.14. The van der Waals surface area contributed by atoms with Crippen molar-refractivity contribution in [1.82, 2.24) is 4.90 Å². The maximum absolute atomic E-state index is 12.6. The lowest BCUT2D eigenvalue weighted by molar-refractivity contribution is -0.149. The summed E-state index contributed by atoms with van der Waals surface area (Å²) >= 11 is 1.55. The molecular formula is C14H14F6N2OS2. The normalized spacial score (nSPS) is 20.6. The monoisotopic (exact) mass is 404 g/mol. The Kier molecular flexibility index (Phi) is 6.21. The number of aliphatic imine (C=N–C) groups is 1. The van der Waals surface area contributed by atoms with E-state index in [1.54, 1.807) is 13.0 Å². The zero-order valence-corrected chi connectivity index (χ0v) is 14.5. The van der Waals surface area contributed by atoms with Gasteiger partial charge in [-0.25, -0.2) is 4.99 Å². The lowest BCUT2D eigenvalue weighted by atomic mass is 10.2. The predicted octanol–water partition coefficient (Wildman–Crippen LogP) is 4.57. The van der Waals surface area contributed by atoms with Gasteiger partial charge in [0.1, 0.15) is 12.8 Å². The molecule has 1 aliphatic heterocycles. The molecule has 3 nitrogen and oxygen atoms in total. The minimum absolute atomic E-state index is 0.0135. The third-order valence-electron chi connectivity index (χ3n) is 3.10. The lowest BCUT2D eigenvalue weighted by Crippen LogP contribution is -2.40. The van der Waals surface area contributed by atoms with Crippen LogP contribution in [-0.4, -0.2) is 51.8 Å². The number of aryl methyl sites for hydroxylation is 1. The Balaban J connectivity index is 2.21.